The minimum Gasteiger partial charge on any atom is -0.310 e. The zero-order valence-corrected chi connectivity index (χ0v) is 13.0. The van der Waals surface area contributed by atoms with Crippen molar-refractivity contribution in [1.29, 1.82) is 0 Å². The van der Waals surface area contributed by atoms with E-state index in [0.29, 0.717) is 6.04 Å². The van der Waals surface area contributed by atoms with Crippen LogP contribution in [0.5, 0.6) is 0 Å². The van der Waals surface area contributed by atoms with E-state index < -0.39 is 0 Å². The van der Waals surface area contributed by atoms with Crippen LogP contribution >= 0.6 is 15.9 Å². The lowest BCUT2D eigenvalue weighted by Gasteiger charge is -2.18. The van der Waals surface area contributed by atoms with Gasteiger partial charge in [0.05, 0.1) is 0 Å². The normalized spacial score (nSPS) is 12.6. The molecule has 1 aromatic heterocycles. The summed E-state index contributed by atoms with van der Waals surface area (Å²) in [5.41, 5.74) is 2.62. The summed E-state index contributed by atoms with van der Waals surface area (Å²) in [5.74, 6) is 0. The summed E-state index contributed by atoms with van der Waals surface area (Å²) >= 11 is 3.48. The summed E-state index contributed by atoms with van der Waals surface area (Å²) in [6, 6.07) is 11.0. The fourth-order valence-corrected chi connectivity index (χ4v) is 2.53. The van der Waals surface area contributed by atoms with E-state index >= 15 is 0 Å². The van der Waals surface area contributed by atoms with Gasteiger partial charge < -0.3 is 5.32 Å². The van der Waals surface area contributed by atoms with Gasteiger partial charge in [0.25, 0.3) is 0 Å². The van der Waals surface area contributed by atoms with Crippen molar-refractivity contribution < 1.29 is 0 Å². The molecule has 0 amide bonds. The molecule has 1 atom stereocenters. The number of hydrogen-bond acceptors (Lipinski definition) is 2. The van der Waals surface area contributed by atoms with E-state index in [0.717, 1.165) is 23.9 Å². The van der Waals surface area contributed by atoms with Crippen LogP contribution in [0.1, 0.15) is 30.6 Å². The van der Waals surface area contributed by atoms with Crippen molar-refractivity contribution in [3.05, 3.63) is 52.3 Å². The predicted octanol–water partition coefficient (Wildman–Crippen LogP) is 3.47. The van der Waals surface area contributed by atoms with E-state index in [2.05, 4.69) is 63.6 Å². The highest BCUT2D eigenvalue weighted by Gasteiger charge is 2.11. The molecule has 3 nitrogen and oxygen atoms in total. The van der Waals surface area contributed by atoms with Gasteiger partial charge in [-0.25, -0.2) is 0 Å². The number of nitrogens with one attached hydrogen (secondary N) is 1. The molecule has 2 aromatic rings. The molecule has 0 aliphatic rings. The third kappa shape index (κ3) is 3.91. The van der Waals surface area contributed by atoms with Gasteiger partial charge in [-0.05, 0) is 43.1 Å². The van der Waals surface area contributed by atoms with Gasteiger partial charge in [-0.3, -0.25) is 4.68 Å². The second kappa shape index (κ2) is 6.87. The fourth-order valence-electron chi connectivity index (χ4n) is 2.27. The molecule has 0 fully saturated rings. The molecule has 0 aliphatic heterocycles. The quantitative estimate of drug-likeness (QED) is 0.883. The third-order valence-corrected chi connectivity index (χ3v) is 3.86. The van der Waals surface area contributed by atoms with Crippen molar-refractivity contribution in [2.45, 2.75) is 25.8 Å². The zero-order chi connectivity index (χ0) is 13.7. The van der Waals surface area contributed by atoms with Crippen molar-refractivity contribution in [3.8, 4) is 0 Å². The molecule has 1 heterocycles. The van der Waals surface area contributed by atoms with Crippen molar-refractivity contribution in [1.82, 2.24) is 15.1 Å². The molecule has 0 spiro atoms. The van der Waals surface area contributed by atoms with Gasteiger partial charge in [-0.15, -0.1) is 0 Å². The maximum absolute atomic E-state index is 4.21. The number of hydrogen-bond donors (Lipinski definition) is 1. The third-order valence-electron chi connectivity index (χ3n) is 3.33. The average Bonchev–Trinajstić information content (AvgIpc) is 2.81. The number of aromatic nitrogens is 2. The Morgan fingerprint density at radius 1 is 1.26 bits per heavy atom. The van der Waals surface area contributed by atoms with Crippen LogP contribution in [0.25, 0.3) is 0 Å². The lowest BCUT2D eigenvalue weighted by atomic mass is 10.0. The van der Waals surface area contributed by atoms with Crippen LogP contribution in [0.4, 0.5) is 0 Å². The van der Waals surface area contributed by atoms with Gasteiger partial charge in [0, 0.05) is 29.5 Å². The van der Waals surface area contributed by atoms with Crippen LogP contribution < -0.4 is 5.32 Å². The highest BCUT2D eigenvalue weighted by molar-refractivity contribution is 9.10. The highest BCUT2D eigenvalue weighted by Crippen LogP contribution is 2.21. The maximum Gasteiger partial charge on any atom is 0.0492 e. The standard InChI is InChI=1S/C15H20BrN3/c1-3-17-15(12-4-6-13(16)7-5-12)9-8-14-10-11-18-19(14)2/h4-7,10-11,15,17H,3,8-9H2,1-2H3. The van der Waals surface area contributed by atoms with Gasteiger partial charge in [0.1, 0.15) is 0 Å². The summed E-state index contributed by atoms with van der Waals surface area (Å²) in [6.07, 6.45) is 3.97. The highest BCUT2D eigenvalue weighted by atomic mass is 79.9. The molecule has 0 bridgehead atoms. The fraction of sp³-hybridized carbons (Fsp3) is 0.400. The molecule has 19 heavy (non-hydrogen) atoms. The molecule has 0 radical (unpaired) electrons. The minimum atomic E-state index is 0.396. The van der Waals surface area contributed by atoms with Crippen LogP contribution in [-0.4, -0.2) is 16.3 Å². The lowest BCUT2D eigenvalue weighted by Crippen LogP contribution is -2.21. The van der Waals surface area contributed by atoms with E-state index in [9.17, 15) is 0 Å². The topological polar surface area (TPSA) is 29.9 Å². The Balaban J connectivity index is 2.04. The van der Waals surface area contributed by atoms with E-state index in [1.165, 1.54) is 11.3 Å². The van der Waals surface area contributed by atoms with Crippen LogP contribution in [0.3, 0.4) is 0 Å². The first-order chi connectivity index (χ1) is 9.20. The molecular formula is C15H20BrN3. The van der Waals surface area contributed by atoms with Gasteiger partial charge in [0.15, 0.2) is 0 Å². The Labute approximate surface area is 123 Å². The van der Waals surface area contributed by atoms with Gasteiger partial charge >= 0.3 is 0 Å². The molecule has 1 unspecified atom stereocenters. The number of halogens is 1. The average molecular weight is 322 g/mol. The van der Waals surface area contributed by atoms with Crippen LogP contribution in [0.15, 0.2) is 41.0 Å². The zero-order valence-electron chi connectivity index (χ0n) is 11.4. The Morgan fingerprint density at radius 3 is 2.58 bits per heavy atom. The molecule has 1 aromatic carbocycles. The summed E-state index contributed by atoms with van der Waals surface area (Å²) < 4.78 is 3.07. The summed E-state index contributed by atoms with van der Waals surface area (Å²) in [6.45, 7) is 3.13. The molecular weight excluding hydrogens is 302 g/mol. The number of aryl methyl sites for hydroxylation is 2. The van der Waals surface area contributed by atoms with Gasteiger partial charge in [0.2, 0.25) is 0 Å². The Hall–Kier alpha value is -1.13. The summed E-state index contributed by atoms with van der Waals surface area (Å²) in [7, 11) is 2.00. The lowest BCUT2D eigenvalue weighted by molar-refractivity contribution is 0.506. The molecule has 102 valence electrons. The van der Waals surface area contributed by atoms with Crippen molar-refractivity contribution in [3.63, 3.8) is 0 Å². The van der Waals surface area contributed by atoms with E-state index in [4.69, 9.17) is 0 Å². The first-order valence-corrected chi connectivity index (χ1v) is 7.45. The van der Waals surface area contributed by atoms with Crippen molar-refractivity contribution in [2.24, 2.45) is 7.05 Å². The molecule has 0 aliphatic carbocycles. The maximum atomic E-state index is 4.21. The molecule has 0 saturated heterocycles. The molecule has 4 heteroatoms. The summed E-state index contributed by atoms with van der Waals surface area (Å²) in [5, 5.41) is 7.77. The Morgan fingerprint density at radius 2 is 2.00 bits per heavy atom. The van der Waals surface area contributed by atoms with Crippen molar-refractivity contribution >= 4 is 15.9 Å². The number of benzene rings is 1. The molecule has 2 rings (SSSR count). The van der Waals surface area contributed by atoms with E-state index in [1.807, 2.05) is 17.9 Å². The summed E-state index contributed by atoms with van der Waals surface area (Å²) in [4.78, 5) is 0. The largest absolute Gasteiger partial charge is 0.310 e. The monoisotopic (exact) mass is 321 g/mol. The van der Waals surface area contributed by atoms with E-state index in [-0.39, 0.29) is 0 Å². The minimum absolute atomic E-state index is 0.396. The van der Waals surface area contributed by atoms with Crippen LogP contribution in [0.2, 0.25) is 0 Å². The molecule has 1 N–H and O–H groups in total. The number of rotatable bonds is 6. The first-order valence-electron chi connectivity index (χ1n) is 6.66. The number of nitrogens with zero attached hydrogens (tertiary/aromatic N) is 2. The van der Waals surface area contributed by atoms with E-state index in [1.54, 1.807) is 0 Å². The smallest absolute Gasteiger partial charge is 0.0492 e. The van der Waals surface area contributed by atoms with Gasteiger partial charge in [-0.1, -0.05) is 35.0 Å². The van der Waals surface area contributed by atoms with Crippen LogP contribution in [0, 0.1) is 0 Å². The predicted molar refractivity (Wildman–Crippen MR) is 82.1 cm³/mol. The second-order valence-electron chi connectivity index (χ2n) is 4.65. The van der Waals surface area contributed by atoms with Gasteiger partial charge in [-0.2, -0.15) is 5.10 Å². The second-order valence-corrected chi connectivity index (χ2v) is 5.56. The Bertz CT molecular complexity index is 504. The first kappa shape index (κ1) is 14.3. The van der Waals surface area contributed by atoms with Crippen molar-refractivity contribution in [2.75, 3.05) is 6.54 Å². The Kier molecular flexibility index (Phi) is 5.16. The SMILES string of the molecule is CCNC(CCc1ccnn1C)c1ccc(Br)cc1. The van der Waals surface area contributed by atoms with Crippen LogP contribution in [-0.2, 0) is 13.5 Å². The molecule has 0 saturated carbocycles.